The minimum absolute atomic E-state index is 0.217. The van der Waals surface area contributed by atoms with E-state index < -0.39 is 0 Å². The lowest BCUT2D eigenvalue weighted by Crippen LogP contribution is -2.49. The number of piperazine rings is 1. The summed E-state index contributed by atoms with van der Waals surface area (Å²) in [6.07, 6.45) is 0.515. The first kappa shape index (κ1) is 20.1. The third kappa shape index (κ3) is 4.77. The first-order chi connectivity index (χ1) is 13.6. The summed E-state index contributed by atoms with van der Waals surface area (Å²) in [7, 11) is 1.70. The molecule has 0 radical (unpaired) electrons. The summed E-state index contributed by atoms with van der Waals surface area (Å²) in [5.41, 5.74) is 3.52. The molecule has 1 aliphatic heterocycles. The number of nitrogens with one attached hydrogen (secondary N) is 1. The van der Waals surface area contributed by atoms with E-state index >= 15 is 0 Å². The molecular weight excluding hydrogens is 350 g/mol. The number of benzene rings is 2. The van der Waals surface area contributed by atoms with Gasteiger partial charge in [0.25, 0.3) is 0 Å². The van der Waals surface area contributed by atoms with E-state index in [2.05, 4.69) is 48.3 Å². The number of ether oxygens (including phenoxy) is 1. The van der Waals surface area contributed by atoms with E-state index in [1.54, 1.807) is 7.11 Å². The maximum Gasteiger partial charge on any atom is 0.224 e. The van der Waals surface area contributed by atoms with E-state index in [9.17, 15) is 4.79 Å². The number of amides is 1. The van der Waals surface area contributed by atoms with Crippen LogP contribution in [0.4, 0.5) is 11.4 Å². The highest BCUT2D eigenvalue weighted by molar-refractivity contribution is 5.77. The van der Waals surface area contributed by atoms with Gasteiger partial charge in [-0.05, 0) is 29.7 Å². The van der Waals surface area contributed by atoms with Crippen LogP contribution in [0.25, 0.3) is 0 Å². The summed E-state index contributed by atoms with van der Waals surface area (Å²) in [4.78, 5) is 16.9. The normalized spacial score (nSPS) is 14.3. The number of hydrogen-bond acceptors (Lipinski definition) is 4. The van der Waals surface area contributed by atoms with Crippen LogP contribution in [0.3, 0.4) is 0 Å². The Labute approximate surface area is 168 Å². The van der Waals surface area contributed by atoms with Gasteiger partial charge in [-0.1, -0.05) is 44.2 Å². The van der Waals surface area contributed by atoms with Crippen LogP contribution in [-0.2, 0) is 4.79 Å². The van der Waals surface area contributed by atoms with Crippen molar-refractivity contribution in [2.24, 2.45) is 0 Å². The minimum atomic E-state index is 0.217. The van der Waals surface area contributed by atoms with Gasteiger partial charge >= 0.3 is 0 Å². The highest BCUT2D eigenvalue weighted by atomic mass is 16.5. The molecule has 1 N–H and O–H groups in total. The highest BCUT2D eigenvalue weighted by Crippen LogP contribution is 2.28. The molecule has 0 bridgehead atoms. The Bertz CT molecular complexity index is 783. The van der Waals surface area contributed by atoms with E-state index in [0.717, 1.165) is 43.3 Å². The summed E-state index contributed by atoms with van der Waals surface area (Å²) < 4.78 is 5.46. The van der Waals surface area contributed by atoms with Crippen LogP contribution in [0.1, 0.15) is 31.7 Å². The Hall–Kier alpha value is -2.69. The van der Waals surface area contributed by atoms with Crippen LogP contribution in [0.5, 0.6) is 5.75 Å². The van der Waals surface area contributed by atoms with Gasteiger partial charge in [0.2, 0.25) is 5.91 Å². The zero-order valence-corrected chi connectivity index (χ0v) is 17.1. The molecule has 5 nitrogen and oxygen atoms in total. The Kier molecular flexibility index (Phi) is 6.80. The van der Waals surface area contributed by atoms with Crippen molar-refractivity contribution in [3.63, 3.8) is 0 Å². The van der Waals surface area contributed by atoms with Crippen molar-refractivity contribution in [1.29, 1.82) is 0 Å². The van der Waals surface area contributed by atoms with Gasteiger partial charge < -0.3 is 19.9 Å². The average Bonchev–Trinajstić information content (AvgIpc) is 2.74. The molecule has 1 fully saturated rings. The van der Waals surface area contributed by atoms with Gasteiger partial charge in [-0.3, -0.25) is 4.79 Å². The molecule has 1 amide bonds. The molecule has 0 spiro atoms. The van der Waals surface area contributed by atoms with Gasteiger partial charge in [-0.25, -0.2) is 0 Å². The van der Waals surface area contributed by atoms with Crippen molar-refractivity contribution in [2.45, 2.75) is 26.2 Å². The molecule has 0 unspecified atom stereocenters. The summed E-state index contributed by atoms with van der Waals surface area (Å²) in [6, 6.07) is 16.4. The maximum atomic E-state index is 12.6. The van der Waals surface area contributed by atoms with Crippen molar-refractivity contribution >= 4 is 17.3 Å². The van der Waals surface area contributed by atoms with Crippen LogP contribution in [0.15, 0.2) is 48.5 Å². The number of rotatable bonds is 7. The zero-order chi connectivity index (χ0) is 19.9. The molecule has 28 heavy (non-hydrogen) atoms. The molecule has 1 aliphatic rings. The third-order valence-electron chi connectivity index (χ3n) is 5.30. The fourth-order valence-electron chi connectivity index (χ4n) is 3.71. The number of carbonyl (C=O) groups is 1. The predicted molar refractivity (Wildman–Crippen MR) is 115 cm³/mol. The van der Waals surface area contributed by atoms with Crippen LogP contribution >= 0.6 is 0 Å². The Morgan fingerprint density at radius 2 is 1.71 bits per heavy atom. The number of hydrogen-bond donors (Lipinski definition) is 1. The molecule has 0 aliphatic carbocycles. The molecule has 5 heteroatoms. The number of methoxy groups -OCH3 is 1. The Morgan fingerprint density at radius 3 is 2.43 bits per heavy atom. The molecule has 1 saturated heterocycles. The lowest BCUT2D eigenvalue weighted by atomic mass is 10.0. The van der Waals surface area contributed by atoms with E-state index in [1.165, 1.54) is 5.56 Å². The van der Waals surface area contributed by atoms with Crippen LogP contribution in [0.2, 0.25) is 0 Å². The molecule has 3 rings (SSSR count). The third-order valence-corrected chi connectivity index (χ3v) is 5.30. The molecule has 2 aromatic rings. The van der Waals surface area contributed by atoms with Crippen LogP contribution < -0.4 is 15.0 Å². The number of nitrogens with zero attached hydrogens (tertiary/aromatic N) is 2. The van der Waals surface area contributed by atoms with Crippen molar-refractivity contribution < 1.29 is 9.53 Å². The topological polar surface area (TPSA) is 44.8 Å². The molecule has 0 atom stereocenters. The van der Waals surface area contributed by atoms with Crippen molar-refractivity contribution in [3.8, 4) is 5.75 Å². The van der Waals surface area contributed by atoms with Gasteiger partial charge in [0.05, 0.1) is 12.8 Å². The average molecular weight is 382 g/mol. The second-order valence-corrected chi connectivity index (χ2v) is 7.46. The molecule has 1 heterocycles. The second kappa shape index (κ2) is 9.49. The fraction of sp³-hybridized carbons (Fsp3) is 0.435. The van der Waals surface area contributed by atoms with E-state index in [0.29, 0.717) is 18.9 Å². The molecule has 0 aromatic heterocycles. The van der Waals surface area contributed by atoms with E-state index in [-0.39, 0.29) is 5.91 Å². The van der Waals surface area contributed by atoms with E-state index in [1.807, 2.05) is 29.2 Å². The van der Waals surface area contributed by atoms with Gasteiger partial charge in [0.15, 0.2) is 0 Å². The number of para-hydroxylation sites is 3. The predicted octanol–water partition coefficient (Wildman–Crippen LogP) is 3.97. The SMILES string of the molecule is COc1ccccc1N1CCN(C(=O)CCNc2ccccc2C(C)C)CC1. The summed E-state index contributed by atoms with van der Waals surface area (Å²) in [6.45, 7) is 8.19. The van der Waals surface area contributed by atoms with Crippen molar-refractivity contribution in [2.75, 3.05) is 50.1 Å². The summed E-state index contributed by atoms with van der Waals surface area (Å²) in [5, 5.41) is 3.44. The molecule has 2 aromatic carbocycles. The first-order valence-corrected chi connectivity index (χ1v) is 10.1. The molecule has 150 valence electrons. The summed E-state index contributed by atoms with van der Waals surface area (Å²) in [5.74, 6) is 1.56. The number of carbonyl (C=O) groups excluding carboxylic acids is 1. The quantitative estimate of drug-likeness (QED) is 0.788. The van der Waals surface area contributed by atoms with Crippen molar-refractivity contribution in [3.05, 3.63) is 54.1 Å². The van der Waals surface area contributed by atoms with Gasteiger partial charge in [0, 0.05) is 44.8 Å². The minimum Gasteiger partial charge on any atom is -0.495 e. The largest absolute Gasteiger partial charge is 0.495 e. The molecular formula is C23H31N3O2. The van der Waals surface area contributed by atoms with Crippen LogP contribution in [-0.4, -0.2) is 50.6 Å². The lowest BCUT2D eigenvalue weighted by molar-refractivity contribution is -0.131. The van der Waals surface area contributed by atoms with Gasteiger partial charge in [0.1, 0.15) is 5.75 Å². The van der Waals surface area contributed by atoms with E-state index in [4.69, 9.17) is 4.74 Å². The lowest BCUT2D eigenvalue weighted by Gasteiger charge is -2.36. The fourth-order valence-corrected chi connectivity index (χ4v) is 3.71. The smallest absolute Gasteiger partial charge is 0.224 e. The maximum absolute atomic E-state index is 12.6. The van der Waals surface area contributed by atoms with Crippen LogP contribution in [0, 0.1) is 0 Å². The van der Waals surface area contributed by atoms with Gasteiger partial charge in [-0.2, -0.15) is 0 Å². The first-order valence-electron chi connectivity index (χ1n) is 10.1. The second-order valence-electron chi connectivity index (χ2n) is 7.46. The van der Waals surface area contributed by atoms with Gasteiger partial charge in [-0.15, -0.1) is 0 Å². The Balaban J connectivity index is 1.48. The summed E-state index contributed by atoms with van der Waals surface area (Å²) >= 11 is 0. The number of anilines is 2. The molecule has 0 saturated carbocycles. The zero-order valence-electron chi connectivity index (χ0n) is 17.1. The Morgan fingerprint density at radius 1 is 1.04 bits per heavy atom. The standard InChI is InChI=1S/C23H31N3O2/c1-18(2)19-8-4-5-9-20(19)24-13-12-23(27)26-16-14-25(15-17-26)21-10-6-7-11-22(21)28-3/h4-11,18,24H,12-17H2,1-3H3. The highest BCUT2D eigenvalue weighted by Gasteiger charge is 2.22. The van der Waals surface area contributed by atoms with Crippen molar-refractivity contribution in [1.82, 2.24) is 4.90 Å². The monoisotopic (exact) mass is 381 g/mol.